The second-order valence-electron chi connectivity index (χ2n) is 10.6. The van der Waals surface area contributed by atoms with Crippen LogP contribution in [0.5, 0.6) is 0 Å². The molecule has 2 aromatic rings. The summed E-state index contributed by atoms with van der Waals surface area (Å²) in [5.74, 6) is -1.13. The number of aliphatic hydroxyl groups excluding tert-OH is 2. The van der Waals surface area contributed by atoms with Crippen LogP contribution in [0.3, 0.4) is 0 Å². The normalized spacial score (nSPS) is 21.4. The summed E-state index contributed by atoms with van der Waals surface area (Å²) in [7, 11) is -8.07. The number of sulfonamides is 2. The minimum Gasteiger partial charge on any atom is -0.395 e. The number of hydrogen-bond acceptors (Lipinski definition) is 8. The van der Waals surface area contributed by atoms with E-state index in [-0.39, 0.29) is 22.9 Å². The summed E-state index contributed by atoms with van der Waals surface area (Å²) in [5, 5.41) is 19.8. The van der Waals surface area contributed by atoms with E-state index in [1.807, 2.05) is 13.8 Å². The molecular formula is C27H40N2O8S2. The molecule has 0 aromatic heterocycles. The van der Waals surface area contributed by atoms with Crippen molar-refractivity contribution in [2.45, 2.75) is 81.4 Å². The summed E-state index contributed by atoms with van der Waals surface area (Å²) < 4.78 is 69.0. The van der Waals surface area contributed by atoms with Crippen molar-refractivity contribution in [3.05, 3.63) is 59.7 Å². The number of hydrogen-bond donors (Lipinski definition) is 2. The molecule has 0 spiro atoms. The molecule has 218 valence electrons. The monoisotopic (exact) mass is 584 g/mol. The van der Waals surface area contributed by atoms with E-state index < -0.39 is 63.3 Å². The van der Waals surface area contributed by atoms with Crippen molar-refractivity contribution >= 4 is 20.0 Å². The molecule has 39 heavy (non-hydrogen) atoms. The molecule has 10 nitrogen and oxygen atoms in total. The van der Waals surface area contributed by atoms with Gasteiger partial charge in [0.25, 0.3) is 0 Å². The van der Waals surface area contributed by atoms with Gasteiger partial charge in [0.05, 0.1) is 23.0 Å². The van der Waals surface area contributed by atoms with Gasteiger partial charge >= 0.3 is 0 Å². The molecule has 12 heteroatoms. The van der Waals surface area contributed by atoms with Crippen molar-refractivity contribution in [1.29, 1.82) is 0 Å². The lowest BCUT2D eigenvalue weighted by Crippen LogP contribution is -2.51. The van der Waals surface area contributed by atoms with E-state index in [1.165, 1.54) is 24.3 Å². The topological polar surface area (TPSA) is 134 Å². The second-order valence-corrected chi connectivity index (χ2v) is 14.3. The lowest BCUT2D eigenvalue weighted by molar-refractivity contribution is -0.148. The summed E-state index contributed by atoms with van der Waals surface area (Å²) in [4.78, 5) is 0.140. The molecule has 2 N–H and O–H groups in total. The summed E-state index contributed by atoms with van der Waals surface area (Å²) in [6, 6.07) is 11.2. The molecule has 0 unspecified atom stereocenters. The fourth-order valence-electron chi connectivity index (χ4n) is 4.48. The van der Waals surface area contributed by atoms with Crippen LogP contribution in [-0.2, 0) is 29.5 Å². The molecule has 1 heterocycles. The number of benzene rings is 2. The Labute approximate surface area is 232 Å². The standard InChI is InChI=1S/C27H40N2O8S2/c1-19-7-11-23(12-8-19)38(32,33)28(21(3)17-30)15-25-26(37-27(5,6)36-25)16-29(22(4)18-31)39(34,35)24-13-9-20(2)10-14-24/h7-14,21-22,25-26,30-31H,15-18H2,1-6H3/t21-,22-,25-,26-/m0/s1. The maximum atomic E-state index is 13.6. The van der Waals surface area contributed by atoms with Gasteiger partial charge in [0.1, 0.15) is 12.2 Å². The van der Waals surface area contributed by atoms with Gasteiger partial charge in [-0.3, -0.25) is 0 Å². The van der Waals surface area contributed by atoms with E-state index >= 15 is 0 Å². The average Bonchev–Trinajstić information content (AvgIpc) is 3.17. The average molecular weight is 585 g/mol. The molecule has 0 amide bonds. The third kappa shape index (κ3) is 7.25. The van der Waals surface area contributed by atoms with Gasteiger partial charge in [0, 0.05) is 25.2 Å². The summed E-state index contributed by atoms with van der Waals surface area (Å²) >= 11 is 0. The Balaban J connectivity index is 1.96. The van der Waals surface area contributed by atoms with Gasteiger partial charge in [-0.25, -0.2) is 16.8 Å². The van der Waals surface area contributed by atoms with E-state index in [9.17, 15) is 27.0 Å². The zero-order chi connectivity index (χ0) is 29.2. The van der Waals surface area contributed by atoms with Crippen molar-refractivity contribution in [2.24, 2.45) is 0 Å². The molecule has 0 bridgehead atoms. The molecular weight excluding hydrogens is 544 g/mol. The minimum atomic E-state index is -4.04. The number of aliphatic hydroxyl groups is 2. The second kappa shape index (κ2) is 12.3. The van der Waals surface area contributed by atoms with Crippen LogP contribution in [0.25, 0.3) is 0 Å². The first-order valence-electron chi connectivity index (χ1n) is 12.9. The fourth-order valence-corrected chi connectivity index (χ4v) is 7.75. The van der Waals surface area contributed by atoms with Crippen LogP contribution in [-0.4, -0.2) is 92.0 Å². The molecule has 3 rings (SSSR count). The number of nitrogens with zero attached hydrogens (tertiary/aromatic N) is 2. The molecule has 0 saturated carbocycles. The third-order valence-electron chi connectivity index (χ3n) is 6.77. The van der Waals surface area contributed by atoms with Crippen LogP contribution in [0, 0.1) is 13.8 Å². The van der Waals surface area contributed by atoms with Crippen LogP contribution >= 0.6 is 0 Å². The first-order chi connectivity index (χ1) is 18.1. The zero-order valence-corrected chi connectivity index (χ0v) is 24.9. The Hall–Kier alpha value is -1.90. The van der Waals surface area contributed by atoms with Gasteiger partial charge in [-0.2, -0.15) is 8.61 Å². The highest BCUT2D eigenvalue weighted by Gasteiger charge is 2.46. The van der Waals surface area contributed by atoms with Crippen molar-refractivity contribution < 1.29 is 36.5 Å². The van der Waals surface area contributed by atoms with Crippen LogP contribution in [0.4, 0.5) is 0 Å². The number of rotatable bonds is 12. The zero-order valence-electron chi connectivity index (χ0n) is 23.3. The molecule has 0 radical (unpaired) electrons. The minimum absolute atomic E-state index is 0.0700. The third-order valence-corrected chi connectivity index (χ3v) is 10.8. The van der Waals surface area contributed by atoms with Crippen LogP contribution < -0.4 is 0 Å². The van der Waals surface area contributed by atoms with Gasteiger partial charge < -0.3 is 19.7 Å². The molecule has 1 aliphatic heterocycles. The first kappa shape index (κ1) is 31.6. The highest BCUT2D eigenvalue weighted by molar-refractivity contribution is 7.89. The van der Waals surface area contributed by atoms with E-state index in [4.69, 9.17) is 9.47 Å². The quantitative estimate of drug-likeness (QED) is 0.388. The van der Waals surface area contributed by atoms with Crippen LogP contribution in [0.2, 0.25) is 0 Å². The largest absolute Gasteiger partial charge is 0.395 e. The van der Waals surface area contributed by atoms with Crippen LogP contribution in [0.1, 0.15) is 38.8 Å². The molecule has 4 atom stereocenters. The highest BCUT2D eigenvalue weighted by atomic mass is 32.2. The molecule has 2 aromatic carbocycles. The van der Waals surface area contributed by atoms with E-state index in [2.05, 4.69) is 0 Å². The Morgan fingerprint density at radius 1 is 0.718 bits per heavy atom. The van der Waals surface area contributed by atoms with Gasteiger partial charge in [-0.1, -0.05) is 35.4 Å². The predicted octanol–water partition coefficient (Wildman–Crippen LogP) is 2.27. The van der Waals surface area contributed by atoms with Crippen molar-refractivity contribution in [2.75, 3.05) is 26.3 Å². The Kier molecular flexibility index (Phi) is 9.98. The fraction of sp³-hybridized carbons (Fsp3) is 0.556. The SMILES string of the molecule is Cc1ccc(S(=O)(=O)N(C[C@@H]2OC(C)(C)O[C@H]2CN([C@@H](C)CO)S(=O)(=O)c2ccc(C)cc2)[C@@H](C)CO)cc1. The van der Waals surface area contributed by atoms with Gasteiger partial charge in [0.15, 0.2) is 5.79 Å². The van der Waals surface area contributed by atoms with E-state index in [0.717, 1.165) is 19.7 Å². The van der Waals surface area contributed by atoms with Gasteiger partial charge in [-0.05, 0) is 65.8 Å². The van der Waals surface area contributed by atoms with Crippen molar-refractivity contribution in [1.82, 2.24) is 8.61 Å². The maximum Gasteiger partial charge on any atom is 0.243 e. The van der Waals surface area contributed by atoms with Gasteiger partial charge in [0.2, 0.25) is 20.0 Å². The lowest BCUT2D eigenvalue weighted by atomic mass is 10.2. The first-order valence-corrected chi connectivity index (χ1v) is 15.7. The summed E-state index contributed by atoms with van der Waals surface area (Å²) in [6.07, 6.45) is -1.73. The maximum absolute atomic E-state index is 13.6. The van der Waals surface area contributed by atoms with E-state index in [0.29, 0.717) is 0 Å². The number of ether oxygens (including phenoxy) is 2. The van der Waals surface area contributed by atoms with Gasteiger partial charge in [-0.15, -0.1) is 0 Å². The van der Waals surface area contributed by atoms with E-state index in [1.54, 1.807) is 52.0 Å². The lowest BCUT2D eigenvalue weighted by Gasteiger charge is -2.33. The summed E-state index contributed by atoms with van der Waals surface area (Å²) in [5.41, 5.74) is 1.80. The summed E-state index contributed by atoms with van der Waals surface area (Å²) in [6.45, 7) is 8.99. The Morgan fingerprint density at radius 2 is 1.03 bits per heavy atom. The molecule has 1 fully saturated rings. The smallest absolute Gasteiger partial charge is 0.243 e. The molecule has 1 saturated heterocycles. The van der Waals surface area contributed by atoms with Crippen molar-refractivity contribution in [3.8, 4) is 0 Å². The number of aryl methyl sites for hydroxylation is 2. The molecule has 1 aliphatic rings. The Morgan fingerprint density at radius 3 is 1.31 bits per heavy atom. The van der Waals surface area contributed by atoms with Crippen LogP contribution in [0.15, 0.2) is 58.3 Å². The predicted molar refractivity (Wildman–Crippen MR) is 147 cm³/mol. The Bertz CT molecular complexity index is 1210. The highest BCUT2D eigenvalue weighted by Crippen LogP contribution is 2.33. The molecule has 0 aliphatic carbocycles. The van der Waals surface area contributed by atoms with Crippen molar-refractivity contribution in [3.63, 3.8) is 0 Å².